The Morgan fingerprint density at radius 2 is 1.88 bits per heavy atom. The monoisotopic (exact) mass is 248 g/mol. The van der Waals surface area contributed by atoms with Crippen LogP contribution in [0, 0.1) is 13.8 Å². The Morgan fingerprint density at radius 3 is 2.41 bits per heavy atom. The lowest BCUT2D eigenvalue weighted by Gasteiger charge is -2.01. The number of nitrogens with zero attached hydrogens (tertiary/aromatic N) is 2. The Bertz CT molecular complexity index is 500. The van der Waals surface area contributed by atoms with Crippen LogP contribution < -0.4 is 17.0 Å². The molecule has 0 bridgehead atoms. The summed E-state index contributed by atoms with van der Waals surface area (Å²) in [5, 5.41) is 0. The molecule has 0 fully saturated rings. The van der Waals surface area contributed by atoms with Crippen molar-refractivity contribution < 1.29 is 17.0 Å². The highest BCUT2D eigenvalue weighted by molar-refractivity contribution is 5.16. The molecule has 0 saturated carbocycles. The van der Waals surface area contributed by atoms with Gasteiger partial charge in [0.2, 0.25) is 0 Å². The molecule has 0 N–H and O–H groups in total. The smallest absolute Gasteiger partial charge is 0.258 e. The van der Waals surface area contributed by atoms with Gasteiger partial charge in [0, 0.05) is 13.8 Å². The van der Waals surface area contributed by atoms with E-state index in [1.807, 2.05) is 12.3 Å². The van der Waals surface area contributed by atoms with Gasteiger partial charge in [-0.3, -0.25) is 0 Å². The summed E-state index contributed by atoms with van der Waals surface area (Å²) in [6.45, 7) is 8.95. The van der Waals surface area contributed by atoms with Gasteiger partial charge in [-0.05, 0) is 5.56 Å². The van der Waals surface area contributed by atoms with Crippen molar-refractivity contribution in [1.29, 1.82) is 0 Å². The van der Waals surface area contributed by atoms with E-state index in [9.17, 15) is 0 Å². The third kappa shape index (κ3) is 2.77. The molecule has 1 aromatic carbocycles. The minimum Gasteiger partial charge on any atom is -1.00 e. The minimum atomic E-state index is 0. The van der Waals surface area contributed by atoms with Crippen molar-refractivity contribution in [2.24, 2.45) is 0 Å². The first-order valence-electron chi connectivity index (χ1n) is 5.46. The molecule has 0 aliphatic carbocycles. The van der Waals surface area contributed by atoms with Gasteiger partial charge in [0.1, 0.15) is 18.4 Å². The standard InChI is InChI=1S/C14H17N2.ClH/c1-4-15-10-12(2)16(13(15)3)11-14-8-6-5-7-9-14;/h4-10H,1,11H2,2-3H3;1H/q+1;/p-1. The topological polar surface area (TPSA) is 8.81 Å². The van der Waals surface area contributed by atoms with Crippen molar-refractivity contribution in [3.63, 3.8) is 0 Å². The molecule has 0 saturated heterocycles. The van der Waals surface area contributed by atoms with Crippen LogP contribution in [0.25, 0.3) is 6.20 Å². The van der Waals surface area contributed by atoms with Gasteiger partial charge < -0.3 is 12.4 Å². The quantitative estimate of drug-likeness (QED) is 0.651. The van der Waals surface area contributed by atoms with E-state index in [0.29, 0.717) is 0 Å². The van der Waals surface area contributed by atoms with Gasteiger partial charge in [-0.25, -0.2) is 9.13 Å². The summed E-state index contributed by atoms with van der Waals surface area (Å²) in [6.07, 6.45) is 3.94. The molecule has 0 unspecified atom stereocenters. The summed E-state index contributed by atoms with van der Waals surface area (Å²) in [6, 6.07) is 10.5. The van der Waals surface area contributed by atoms with Crippen LogP contribution in [0.3, 0.4) is 0 Å². The number of imidazole rings is 1. The molecule has 0 atom stereocenters. The van der Waals surface area contributed by atoms with Crippen LogP contribution in [-0.2, 0) is 6.54 Å². The summed E-state index contributed by atoms with van der Waals surface area (Å²) in [5.74, 6) is 1.20. The normalized spacial score (nSPS) is 9.76. The van der Waals surface area contributed by atoms with Gasteiger partial charge in [0.25, 0.3) is 5.82 Å². The fraction of sp³-hybridized carbons (Fsp3) is 0.214. The maximum absolute atomic E-state index is 3.80. The zero-order valence-corrected chi connectivity index (χ0v) is 11.0. The molecular weight excluding hydrogens is 232 g/mol. The highest BCUT2D eigenvalue weighted by Gasteiger charge is 2.14. The molecule has 2 aromatic rings. The minimum absolute atomic E-state index is 0. The predicted octanol–water partition coefficient (Wildman–Crippen LogP) is -0.455. The van der Waals surface area contributed by atoms with E-state index in [-0.39, 0.29) is 12.4 Å². The summed E-state index contributed by atoms with van der Waals surface area (Å²) < 4.78 is 4.34. The fourth-order valence-electron chi connectivity index (χ4n) is 1.95. The fourth-order valence-corrected chi connectivity index (χ4v) is 1.95. The van der Waals surface area contributed by atoms with Crippen molar-refractivity contribution in [2.45, 2.75) is 20.4 Å². The second kappa shape index (κ2) is 5.69. The molecule has 0 aliphatic heterocycles. The Morgan fingerprint density at radius 1 is 1.24 bits per heavy atom. The molecule has 0 spiro atoms. The Balaban J connectivity index is 0.00000144. The van der Waals surface area contributed by atoms with Gasteiger partial charge in [-0.2, -0.15) is 0 Å². The molecule has 1 heterocycles. The molecule has 2 nitrogen and oxygen atoms in total. The molecule has 1 aromatic heterocycles. The number of halogens is 1. The van der Waals surface area contributed by atoms with Crippen LogP contribution in [0.5, 0.6) is 0 Å². The van der Waals surface area contributed by atoms with E-state index in [1.54, 1.807) is 0 Å². The van der Waals surface area contributed by atoms with Crippen molar-refractivity contribution >= 4 is 6.20 Å². The lowest BCUT2D eigenvalue weighted by Crippen LogP contribution is -3.00. The average Bonchev–Trinajstić information content (AvgIpc) is 2.58. The van der Waals surface area contributed by atoms with Crippen LogP contribution in [-0.4, -0.2) is 4.57 Å². The molecule has 0 aliphatic rings. The Labute approximate surface area is 109 Å². The molecule has 2 rings (SSSR count). The molecule has 3 heteroatoms. The maximum Gasteiger partial charge on any atom is 0.258 e. The number of aryl methyl sites for hydroxylation is 1. The number of rotatable bonds is 3. The van der Waals surface area contributed by atoms with E-state index in [2.05, 4.69) is 60.0 Å². The van der Waals surface area contributed by atoms with Crippen molar-refractivity contribution in [3.05, 3.63) is 60.2 Å². The second-order valence-electron chi connectivity index (χ2n) is 3.98. The van der Waals surface area contributed by atoms with Crippen LogP contribution in [0.15, 0.2) is 43.1 Å². The van der Waals surface area contributed by atoms with E-state index in [1.165, 1.54) is 17.1 Å². The van der Waals surface area contributed by atoms with E-state index >= 15 is 0 Å². The van der Waals surface area contributed by atoms with Gasteiger partial charge in [0.15, 0.2) is 0 Å². The lowest BCUT2D eigenvalue weighted by atomic mass is 10.2. The summed E-state index contributed by atoms with van der Waals surface area (Å²) in [7, 11) is 0. The van der Waals surface area contributed by atoms with Crippen molar-refractivity contribution in [1.82, 2.24) is 4.57 Å². The van der Waals surface area contributed by atoms with Crippen LogP contribution in [0.1, 0.15) is 17.1 Å². The highest BCUT2D eigenvalue weighted by atomic mass is 35.5. The highest BCUT2D eigenvalue weighted by Crippen LogP contribution is 2.07. The summed E-state index contributed by atoms with van der Waals surface area (Å²) >= 11 is 0. The van der Waals surface area contributed by atoms with E-state index in [4.69, 9.17) is 0 Å². The third-order valence-corrected chi connectivity index (χ3v) is 2.90. The van der Waals surface area contributed by atoms with Gasteiger partial charge >= 0.3 is 0 Å². The third-order valence-electron chi connectivity index (χ3n) is 2.90. The second-order valence-corrected chi connectivity index (χ2v) is 3.98. The van der Waals surface area contributed by atoms with Gasteiger partial charge in [-0.15, -0.1) is 0 Å². The summed E-state index contributed by atoms with van der Waals surface area (Å²) in [4.78, 5) is 0. The number of hydrogen-bond acceptors (Lipinski definition) is 0. The predicted molar refractivity (Wildman–Crippen MR) is 66.0 cm³/mol. The number of hydrogen-bond donors (Lipinski definition) is 0. The van der Waals surface area contributed by atoms with Crippen molar-refractivity contribution in [3.8, 4) is 0 Å². The SMILES string of the molecule is C=C[n+]1cc(C)n(Cc2ccccc2)c1C.[Cl-]. The molecular formula is C14H17ClN2. The first kappa shape index (κ1) is 13.5. The van der Waals surface area contributed by atoms with Gasteiger partial charge in [-0.1, -0.05) is 36.9 Å². The molecule has 90 valence electrons. The zero-order chi connectivity index (χ0) is 11.5. The summed E-state index contributed by atoms with van der Waals surface area (Å²) in [5.41, 5.74) is 2.57. The van der Waals surface area contributed by atoms with E-state index in [0.717, 1.165) is 6.54 Å². The van der Waals surface area contributed by atoms with Crippen LogP contribution in [0.4, 0.5) is 0 Å². The molecule has 17 heavy (non-hydrogen) atoms. The lowest BCUT2D eigenvalue weighted by molar-refractivity contribution is -0.575. The average molecular weight is 249 g/mol. The number of aromatic nitrogens is 2. The van der Waals surface area contributed by atoms with Crippen LogP contribution >= 0.6 is 0 Å². The van der Waals surface area contributed by atoms with Crippen molar-refractivity contribution in [2.75, 3.05) is 0 Å². The molecule has 0 amide bonds. The largest absolute Gasteiger partial charge is 1.00 e. The van der Waals surface area contributed by atoms with Crippen LogP contribution in [0.2, 0.25) is 0 Å². The zero-order valence-electron chi connectivity index (χ0n) is 10.2. The Kier molecular flexibility index (Phi) is 4.53. The van der Waals surface area contributed by atoms with E-state index < -0.39 is 0 Å². The Hall–Kier alpha value is -1.54. The molecule has 0 radical (unpaired) electrons. The first-order chi connectivity index (χ1) is 7.72. The number of benzene rings is 1. The first-order valence-corrected chi connectivity index (χ1v) is 5.46. The maximum atomic E-state index is 3.80. The van der Waals surface area contributed by atoms with Gasteiger partial charge in [0.05, 0.1) is 6.20 Å².